The molecular formula is C20H23FN6O3. The molecule has 1 aromatic carbocycles. The normalized spacial score (nSPS) is 18.3. The maximum absolute atomic E-state index is 14.3. The number of nitrogens with two attached hydrogens (primary N) is 1. The molecule has 0 radical (unpaired) electrons. The highest BCUT2D eigenvalue weighted by molar-refractivity contribution is 5.94. The van der Waals surface area contributed by atoms with Crippen LogP contribution in [-0.2, 0) is 11.2 Å². The van der Waals surface area contributed by atoms with E-state index in [2.05, 4.69) is 15.3 Å². The molecule has 1 aliphatic heterocycles. The predicted octanol–water partition coefficient (Wildman–Crippen LogP) is 2.25. The van der Waals surface area contributed by atoms with Crippen molar-refractivity contribution in [2.75, 3.05) is 18.5 Å². The summed E-state index contributed by atoms with van der Waals surface area (Å²) < 4.78 is 60.7. The van der Waals surface area contributed by atoms with E-state index in [1.165, 1.54) is 10.6 Å². The van der Waals surface area contributed by atoms with Gasteiger partial charge in [-0.25, -0.2) is 14.2 Å². The number of aromatic nitrogens is 4. The van der Waals surface area contributed by atoms with Crippen LogP contribution in [0.1, 0.15) is 48.5 Å². The standard InChI is InChI=1S/C20H23FN6O3/c1-3-26-16-10-23-19(24-15-9-14(21)13(17(22)28)8-11(15)2)25-18(16)27(20(26)29)12-4-6-30-7-5-12/h8-10,12H,3-7H2,1-2H3,(H2,22,28)(H,23,24,25)/i1D3,3D2. The van der Waals surface area contributed by atoms with E-state index in [-0.39, 0.29) is 28.4 Å². The molecule has 2 aromatic heterocycles. The topological polar surface area (TPSA) is 117 Å². The minimum absolute atomic E-state index is 0.0272. The Morgan fingerprint density at radius 1 is 1.47 bits per heavy atom. The predicted molar refractivity (Wildman–Crippen MR) is 109 cm³/mol. The Morgan fingerprint density at radius 2 is 2.23 bits per heavy atom. The second-order valence-corrected chi connectivity index (χ2v) is 6.98. The van der Waals surface area contributed by atoms with Crippen molar-refractivity contribution in [3.63, 3.8) is 0 Å². The number of rotatable bonds is 5. The van der Waals surface area contributed by atoms with E-state index < -0.39 is 36.8 Å². The van der Waals surface area contributed by atoms with Crippen molar-refractivity contribution >= 4 is 28.7 Å². The molecule has 3 aromatic rings. The fourth-order valence-electron chi connectivity index (χ4n) is 3.57. The van der Waals surface area contributed by atoms with Gasteiger partial charge in [0.1, 0.15) is 11.3 Å². The lowest BCUT2D eigenvalue weighted by molar-refractivity contribution is 0.0694. The number of anilines is 2. The zero-order valence-corrected chi connectivity index (χ0v) is 16.1. The summed E-state index contributed by atoms with van der Waals surface area (Å²) in [7, 11) is 0. The first-order valence-corrected chi connectivity index (χ1v) is 9.28. The van der Waals surface area contributed by atoms with Gasteiger partial charge in [0.25, 0.3) is 5.91 Å². The number of halogens is 1. The smallest absolute Gasteiger partial charge is 0.330 e. The first-order valence-electron chi connectivity index (χ1n) is 11.8. The first-order chi connectivity index (χ1) is 16.3. The molecule has 1 amide bonds. The molecule has 3 heterocycles. The van der Waals surface area contributed by atoms with Crippen molar-refractivity contribution in [2.45, 2.75) is 39.2 Å². The molecule has 0 saturated carbocycles. The Kier molecular flexibility index (Phi) is 3.85. The van der Waals surface area contributed by atoms with Crippen LogP contribution in [0.5, 0.6) is 0 Å². The van der Waals surface area contributed by atoms with Gasteiger partial charge in [0.2, 0.25) is 5.95 Å². The van der Waals surface area contributed by atoms with Gasteiger partial charge in [0, 0.05) is 38.3 Å². The van der Waals surface area contributed by atoms with Crippen LogP contribution in [-0.4, -0.2) is 38.2 Å². The zero-order chi connectivity index (χ0) is 25.7. The third-order valence-electron chi connectivity index (χ3n) is 5.11. The van der Waals surface area contributed by atoms with Crippen LogP contribution in [0.3, 0.4) is 0 Å². The molecule has 9 nitrogen and oxygen atoms in total. The van der Waals surface area contributed by atoms with Crippen LogP contribution in [0.2, 0.25) is 0 Å². The number of fused-ring (bicyclic) bond motifs is 1. The fraction of sp³-hybridized carbons (Fsp3) is 0.400. The van der Waals surface area contributed by atoms with Gasteiger partial charge in [0.15, 0.2) is 5.65 Å². The minimum Gasteiger partial charge on any atom is -0.381 e. The number of benzene rings is 1. The van der Waals surface area contributed by atoms with Crippen molar-refractivity contribution in [3.05, 3.63) is 45.8 Å². The van der Waals surface area contributed by atoms with Gasteiger partial charge in [0.05, 0.1) is 11.8 Å². The summed E-state index contributed by atoms with van der Waals surface area (Å²) in [5, 5.41) is 2.83. The molecule has 0 atom stereocenters. The van der Waals surface area contributed by atoms with Gasteiger partial charge < -0.3 is 15.8 Å². The van der Waals surface area contributed by atoms with Gasteiger partial charge in [-0.2, -0.15) is 4.98 Å². The van der Waals surface area contributed by atoms with E-state index in [1.807, 2.05) is 0 Å². The molecule has 4 rings (SSSR count). The molecule has 158 valence electrons. The molecule has 0 aliphatic carbocycles. The Balaban J connectivity index is 1.87. The number of primary amides is 1. The third kappa shape index (κ3) is 3.43. The Hall–Kier alpha value is -3.27. The number of aryl methyl sites for hydroxylation is 2. The van der Waals surface area contributed by atoms with Crippen LogP contribution in [0.25, 0.3) is 11.2 Å². The summed E-state index contributed by atoms with van der Waals surface area (Å²) >= 11 is 0. The van der Waals surface area contributed by atoms with Crippen LogP contribution < -0.4 is 16.7 Å². The highest BCUT2D eigenvalue weighted by Crippen LogP contribution is 2.26. The molecule has 3 N–H and O–H groups in total. The van der Waals surface area contributed by atoms with Gasteiger partial charge in [-0.1, -0.05) is 0 Å². The lowest BCUT2D eigenvalue weighted by Gasteiger charge is -2.22. The summed E-state index contributed by atoms with van der Waals surface area (Å²) in [6.07, 6.45) is 2.04. The van der Waals surface area contributed by atoms with Crippen molar-refractivity contribution in [1.82, 2.24) is 19.1 Å². The molecule has 30 heavy (non-hydrogen) atoms. The number of carbonyl (C=O) groups excluding carboxylic acids is 1. The molecule has 10 heteroatoms. The summed E-state index contributed by atoms with van der Waals surface area (Å²) in [5.74, 6) is -1.80. The number of hydrogen-bond donors (Lipinski definition) is 2. The molecule has 0 spiro atoms. The second-order valence-electron chi connectivity index (χ2n) is 6.98. The van der Waals surface area contributed by atoms with Crippen molar-refractivity contribution in [2.24, 2.45) is 5.73 Å². The van der Waals surface area contributed by atoms with Gasteiger partial charge in [-0.3, -0.25) is 13.9 Å². The van der Waals surface area contributed by atoms with E-state index in [0.717, 1.165) is 12.3 Å². The molecule has 1 fully saturated rings. The highest BCUT2D eigenvalue weighted by atomic mass is 19.1. The molecular weight excluding hydrogens is 391 g/mol. The monoisotopic (exact) mass is 419 g/mol. The van der Waals surface area contributed by atoms with Crippen LogP contribution >= 0.6 is 0 Å². The second kappa shape index (κ2) is 7.86. The van der Waals surface area contributed by atoms with Crippen molar-refractivity contribution in [1.29, 1.82) is 0 Å². The number of ether oxygens (including phenoxy) is 1. The SMILES string of the molecule is [2H]C([2H])([2H])C([2H])([2H])n1c(=O)n(C2CCOCC2)c2nc(Nc3cc(F)c(C(N)=O)cc3C)ncc21. The van der Waals surface area contributed by atoms with Gasteiger partial charge >= 0.3 is 5.69 Å². The number of amides is 1. The number of nitrogens with one attached hydrogen (secondary N) is 1. The average Bonchev–Trinajstić information content (AvgIpc) is 3.07. The van der Waals surface area contributed by atoms with E-state index in [9.17, 15) is 14.0 Å². The Labute approximate surface area is 178 Å². The van der Waals surface area contributed by atoms with E-state index >= 15 is 0 Å². The summed E-state index contributed by atoms with van der Waals surface area (Å²) in [5.41, 5.74) is 4.68. The number of nitrogens with zero attached hydrogens (tertiary/aromatic N) is 4. The quantitative estimate of drug-likeness (QED) is 0.655. The fourth-order valence-corrected chi connectivity index (χ4v) is 3.57. The Morgan fingerprint density at radius 3 is 2.93 bits per heavy atom. The lowest BCUT2D eigenvalue weighted by atomic mass is 10.1. The lowest BCUT2D eigenvalue weighted by Crippen LogP contribution is -2.30. The third-order valence-corrected chi connectivity index (χ3v) is 5.11. The average molecular weight is 419 g/mol. The van der Waals surface area contributed by atoms with Gasteiger partial charge in [-0.15, -0.1) is 0 Å². The molecule has 0 bridgehead atoms. The van der Waals surface area contributed by atoms with E-state index in [4.69, 9.17) is 17.3 Å². The Bertz CT molecular complexity index is 1360. The van der Waals surface area contributed by atoms with E-state index in [0.29, 0.717) is 36.2 Å². The van der Waals surface area contributed by atoms with E-state index in [1.54, 1.807) is 6.92 Å². The number of imidazole rings is 1. The minimum atomic E-state index is -3.14. The molecule has 0 unspecified atom stereocenters. The van der Waals surface area contributed by atoms with Crippen LogP contribution in [0.4, 0.5) is 16.0 Å². The first kappa shape index (κ1) is 14.7. The molecule has 1 saturated heterocycles. The molecule has 1 aliphatic rings. The summed E-state index contributed by atoms with van der Waals surface area (Å²) in [4.78, 5) is 33.2. The van der Waals surface area contributed by atoms with Crippen LogP contribution in [0.15, 0.2) is 23.1 Å². The largest absolute Gasteiger partial charge is 0.381 e. The van der Waals surface area contributed by atoms with Crippen molar-refractivity contribution < 1.29 is 20.8 Å². The highest BCUT2D eigenvalue weighted by Gasteiger charge is 2.24. The number of carbonyl (C=O) groups is 1. The summed E-state index contributed by atoms with van der Waals surface area (Å²) in [6.45, 7) is -3.81. The van der Waals surface area contributed by atoms with Crippen molar-refractivity contribution in [3.8, 4) is 0 Å². The number of hydrogen-bond acceptors (Lipinski definition) is 6. The van der Waals surface area contributed by atoms with Gasteiger partial charge in [-0.05, 0) is 44.3 Å². The summed E-state index contributed by atoms with van der Waals surface area (Å²) in [6, 6.07) is 1.94. The maximum Gasteiger partial charge on any atom is 0.330 e. The van der Waals surface area contributed by atoms with Crippen LogP contribution in [0, 0.1) is 12.7 Å². The maximum atomic E-state index is 14.3. The zero-order valence-electron chi connectivity index (χ0n) is 21.1.